The summed E-state index contributed by atoms with van der Waals surface area (Å²) < 4.78 is 11.1. The van der Waals surface area contributed by atoms with Crippen LogP contribution in [0.1, 0.15) is 39.0 Å². The van der Waals surface area contributed by atoms with Crippen molar-refractivity contribution in [2.75, 3.05) is 27.3 Å². The van der Waals surface area contributed by atoms with E-state index in [-0.39, 0.29) is 0 Å². The fraction of sp³-hybridized carbons (Fsp3) is 1.00. The summed E-state index contributed by atoms with van der Waals surface area (Å²) in [5.74, 6) is 0. The minimum absolute atomic E-state index is 0.553. The molecule has 0 saturated heterocycles. The third-order valence-corrected chi connectivity index (χ3v) is 6.47. The number of nitrogens with two attached hydrogens (primary N) is 1. The first-order chi connectivity index (χ1) is 8.61. The number of rotatable bonds is 12. The van der Waals surface area contributed by atoms with Gasteiger partial charge in [0.2, 0.25) is 0 Å². The van der Waals surface area contributed by atoms with Gasteiger partial charge in [-0.15, -0.1) is 0 Å². The van der Waals surface area contributed by atoms with Crippen molar-refractivity contribution in [3.8, 4) is 0 Å². The molecule has 5 heteroatoms. The molecule has 0 amide bonds. The lowest BCUT2D eigenvalue weighted by Crippen LogP contribution is -2.40. The lowest BCUT2D eigenvalue weighted by atomic mass is 10.1. The molecular formula is C13H32N2O2Si. The first-order valence-corrected chi connectivity index (χ1v) is 9.68. The van der Waals surface area contributed by atoms with E-state index in [1.165, 1.54) is 25.7 Å². The summed E-state index contributed by atoms with van der Waals surface area (Å²) in [6.45, 7) is 5.96. The summed E-state index contributed by atoms with van der Waals surface area (Å²) in [4.78, 5) is 0. The first-order valence-electron chi connectivity index (χ1n) is 7.15. The molecule has 18 heavy (non-hydrogen) atoms. The highest BCUT2D eigenvalue weighted by molar-refractivity contribution is 6.65. The van der Waals surface area contributed by atoms with Crippen LogP contribution in [0.2, 0.25) is 12.6 Å². The van der Waals surface area contributed by atoms with Crippen LogP contribution in [0.25, 0.3) is 0 Å². The molecular weight excluding hydrogens is 244 g/mol. The van der Waals surface area contributed by atoms with Crippen LogP contribution in [0.3, 0.4) is 0 Å². The van der Waals surface area contributed by atoms with Crippen LogP contribution in [0.15, 0.2) is 0 Å². The zero-order valence-electron chi connectivity index (χ0n) is 12.6. The van der Waals surface area contributed by atoms with Gasteiger partial charge in [-0.2, -0.15) is 0 Å². The fourth-order valence-corrected chi connectivity index (χ4v) is 3.45. The lowest BCUT2D eigenvalue weighted by molar-refractivity contribution is 0.245. The van der Waals surface area contributed by atoms with Crippen LogP contribution in [0.5, 0.6) is 0 Å². The molecule has 4 nitrogen and oxygen atoms in total. The van der Waals surface area contributed by atoms with E-state index in [9.17, 15) is 0 Å². The molecule has 0 spiro atoms. The van der Waals surface area contributed by atoms with E-state index in [1.807, 2.05) is 0 Å². The molecule has 0 fully saturated rings. The van der Waals surface area contributed by atoms with E-state index >= 15 is 0 Å². The number of hydrogen-bond acceptors (Lipinski definition) is 4. The van der Waals surface area contributed by atoms with Gasteiger partial charge in [-0.05, 0) is 25.4 Å². The Bertz CT molecular complexity index is 190. The van der Waals surface area contributed by atoms with Crippen molar-refractivity contribution in [3.05, 3.63) is 0 Å². The van der Waals surface area contributed by atoms with Gasteiger partial charge in [0.05, 0.1) is 0 Å². The van der Waals surface area contributed by atoms with E-state index < -0.39 is 8.56 Å². The SMILES string of the molecule is CCCCCC(CC[Si](C)(OC)OC)NCCN. The standard InChI is InChI=1S/C13H32N2O2Si/c1-5-6-7-8-13(15-11-10-14)9-12-18(4,16-2)17-3/h13,15H,5-12,14H2,1-4H3. The summed E-state index contributed by atoms with van der Waals surface area (Å²) in [5.41, 5.74) is 5.56. The topological polar surface area (TPSA) is 56.5 Å². The molecule has 0 heterocycles. The number of nitrogens with one attached hydrogen (secondary N) is 1. The van der Waals surface area contributed by atoms with E-state index in [4.69, 9.17) is 14.6 Å². The maximum atomic E-state index is 5.56. The largest absolute Gasteiger partial charge is 0.398 e. The van der Waals surface area contributed by atoms with Crippen LogP contribution in [-0.4, -0.2) is 41.9 Å². The summed E-state index contributed by atoms with van der Waals surface area (Å²) in [6, 6.07) is 1.59. The van der Waals surface area contributed by atoms with Gasteiger partial charge >= 0.3 is 8.56 Å². The molecule has 0 aromatic rings. The Hall–Kier alpha value is 0.0569. The summed E-state index contributed by atoms with van der Waals surface area (Å²) in [7, 11) is 1.60. The maximum absolute atomic E-state index is 5.56. The molecule has 0 aromatic carbocycles. The molecule has 1 atom stereocenters. The van der Waals surface area contributed by atoms with Crippen molar-refractivity contribution in [2.45, 2.75) is 57.7 Å². The van der Waals surface area contributed by atoms with Gasteiger partial charge in [0, 0.05) is 33.4 Å². The predicted octanol–water partition coefficient (Wildman–Crippen LogP) is 2.24. The molecule has 0 aliphatic rings. The van der Waals surface area contributed by atoms with E-state index in [0.29, 0.717) is 12.6 Å². The van der Waals surface area contributed by atoms with Gasteiger partial charge in [0.15, 0.2) is 0 Å². The number of hydrogen-bond donors (Lipinski definition) is 2. The van der Waals surface area contributed by atoms with Gasteiger partial charge in [-0.3, -0.25) is 0 Å². The van der Waals surface area contributed by atoms with Crippen LogP contribution >= 0.6 is 0 Å². The van der Waals surface area contributed by atoms with Crippen molar-refractivity contribution in [1.82, 2.24) is 5.32 Å². The third-order valence-electron chi connectivity index (χ3n) is 3.54. The average Bonchev–Trinajstić information content (AvgIpc) is 2.41. The lowest BCUT2D eigenvalue weighted by Gasteiger charge is -2.26. The molecule has 3 N–H and O–H groups in total. The predicted molar refractivity (Wildman–Crippen MR) is 80.0 cm³/mol. The second-order valence-corrected chi connectivity index (χ2v) is 8.60. The quantitative estimate of drug-likeness (QED) is 0.424. The maximum Gasteiger partial charge on any atom is 0.334 e. The van der Waals surface area contributed by atoms with Crippen LogP contribution in [0.4, 0.5) is 0 Å². The van der Waals surface area contributed by atoms with Gasteiger partial charge in [-0.25, -0.2) is 0 Å². The molecule has 0 rings (SSSR count). The molecule has 0 aliphatic heterocycles. The Morgan fingerprint density at radius 1 is 1.17 bits per heavy atom. The van der Waals surface area contributed by atoms with Crippen LogP contribution < -0.4 is 11.1 Å². The van der Waals surface area contributed by atoms with Gasteiger partial charge < -0.3 is 19.9 Å². The van der Waals surface area contributed by atoms with E-state index in [0.717, 1.165) is 19.0 Å². The zero-order valence-corrected chi connectivity index (χ0v) is 13.6. The minimum Gasteiger partial charge on any atom is -0.398 e. The van der Waals surface area contributed by atoms with Gasteiger partial charge in [0.25, 0.3) is 0 Å². The Kier molecular flexibility index (Phi) is 11.0. The van der Waals surface area contributed by atoms with Crippen LogP contribution in [-0.2, 0) is 8.85 Å². The smallest absolute Gasteiger partial charge is 0.334 e. The number of unbranched alkanes of at least 4 members (excludes halogenated alkanes) is 2. The zero-order chi connectivity index (χ0) is 13.9. The van der Waals surface area contributed by atoms with Gasteiger partial charge in [0.1, 0.15) is 0 Å². The molecule has 0 aliphatic carbocycles. The monoisotopic (exact) mass is 276 g/mol. The van der Waals surface area contributed by atoms with Crippen molar-refractivity contribution >= 4 is 8.56 Å². The Labute approximate surface area is 114 Å². The Balaban J connectivity index is 4.05. The van der Waals surface area contributed by atoms with Crippen LogP contribution in [0, 0.1) is 0 Å². The van der Waals surface area contributed by atoms with Crippen molar-refractivity contribution < 1.29 is 8.85 Å². The normalized spacial score (nSPS) is 13.8. The van der Waals surface area contributed by atoms with E-state index in [1.54, 1.807) is 14.2 Å². The highest BCUT2D eigenvalue weighted by atomic mass is 28.4. The second kappa shape index (κ2) is 10.9. The second-order valence-electron chi connectivity index (χ2n) is 5.02. The summed E-state index contributed by atoms with van der Waals surface area (Å²) in [6.07, 6.45) is 6.22. The first kappa shape index (κ1) is 18.1. The molecule has 0 saturated carbocycles. The molecule has 0 aromatic heterocycles. The molecule has 0 bridgehead atoms. The molecule has 1 unspecified atom stereocenters. The highest BCUT2D eigenvalue weighted by Crippen LogP contribution is 2.17. The average molecular weight is 276 g/mol. The van der Waals surface area contributed by atoms with Gasteiger partial charge in [-0.1, -0.05) is 26.2 Å². The summed E-state index contributed by atoms with van der Waals surface area (Å²) >= 11 is 0. The Morgan fingerprint density at radius 3 is 2.33 bits per heavy atom. The molecule has 110 valence electrons. The third kappa shape index (κ3) is 8.21. The van der Waals surface area contributed by atoms with E-state index in [2.05, 4.69) is 18.8 Å². The van der Waals surface area contributed by atoms with Crippen molar-refractivity contribution in [3.63, 3.8) is 0 Å². The van der Waals surface area contributed by atoms with Crippen molar-refractivity contribution in [1.29, 1.82) is 0 Å². The van der Waals surface area contributed by atoms with Crippen molar-refractivity contribution in [2.24, 2.45) is 5.73 Å². The highest BCUT2D eigenvalue weighted by Gasteiger charge is 2.29. The fourth-order valence-electron chi connectivity index (χ4n) is 2.00. The minimum atomic E-state index is -1.92. The molecule has 0 radical (unpaired) electrons. The summed E-state index contributed by atoms with van der Waals surface area (Å²) in [5, 5.41) is 3.54. The Morgan fingerprint density at radius 2 is 1.83 bits per heavy atom.